The number of nitrogens with one attached hydrogen (secondary N) is 3. The Morgan fingerprint density at radius 1 is 1.38 bits per heavy atom. The fourth-order valence-corrected chi connectivity index (χ4v) is 2.16. The molecule has 0 spiro atoms. The van der Waals surface area contributed by atoms with Gasteiger partial charge in [-0.15, -0.1) is 0 Å². The van der Waals surface area contributed by atoms with Gasteiger partial charge in [-0.05, 0) is 18.6 Å². The van der Waals surface area contributed by atoms with Crippen LogP contribution < -0.4 is 16.0 Å². The molecule has 8 nitrogen and oxygen atoms in total. The zero-order chi connectivity index (χ0) is 17.5. The molecule has 8 heteroatoms. The summed E-state index contributed by atoms with van der Waals surface area (Å²) >= 11 is 0. The fraction of sp³-hybridized carbons (Fsp3) is 0.250. The Labute approximate surface area is 139 Å². The van der Waals surface area contributed by atoms with Crippen molar-refractivity contribution in [3.8, 4) is 0 Å². The van der Waals surface area contributed by atoms with E-state index in [-0.39, 0.29) is 17.3 Å². The molecule has 0 aliphatic carbocycles. The lowest BCUT2D eigenvalue weighted by Gasteiger charge is -2.09. The van der Waals surface area contributed by atoms with Crippen molar-refractivity contribution in [2.75, 3.05) is 17.2 Å². The number of amides is 1. The predicted molar refractivity (Wildman–Crippen MR) is 93.8 cm³/mol. The van der Waals surface area contributed by atoms with E-state index >= 15 is 0 Å². The molecule has 0 aliphatic heterocycles. The van der Waals surface area contributed by atoms with Crippen molar-refractivity contribution < 1.29 is 9.72 Å². The van der Waals surface area contributed by atoms with Crippen LogP contribution in [-0.2, 0) is 4.79 Å². The van der Waals surface area contributed by atoms with Gasteiger partial charge in [-0.1, -0.05) is 6.92 Å². The smallest absolute Gasteiger partial charge is 0.293 e. The highest BCUT2D eigenvalue weighted by Crippen LogP contribution is 2.33. The number of hydrogen-bond donors (Lipinski definition) is 3. The van der Waals surface area contributed by atoms with Crippen LogP contribution in [-0.4, -0.2) is 22.4 Å². The largest absolute Gasteiger partial charge is 0.390 e. The maximum Gasteiger partial charge on any atom is 0.293 e. The van der Waals surface area contributed by atoms with Gasteiger partial charge in [-0.3, -0.25) is 14.9 Å². The average Bonchev–Trinajstić information content (AvgIpc) is 2.54. The van der Waals surface area contributed by atoms with Crippen molar-refractivity contribution >= 4 is 33.9 Å². The van der Waals surface area contributed by atoms with Gasteiger partial charge in [0.1, 0.15) is 11.5 Å². The molecule has 126 valence electrons. The third-order valence-electron chi connectivity index (χ3n) is 3.21. The third-order valence-corrected chi connectivity index (χ3v) is 3.21. The first-order chi connectivity index (χ1) is 11.5. The van der Waals surface area contributed by atoms with E-state index in [2.05, 4.69) is 27.9 Å². The van der Waals surface area contributed by atoms with Gasteiger partial charge in [-0.2, -0.15) is 0 Å². The summed E-state index contributed by atoms with van der Waals surface area (Å²) in [6.07, 6.45) is 6.07. The Bertz CT molecular complexity index is 789. The van der Waals surface area contributed by atoms with E-state index in [9.17, 15) is 14.9 Å². The van der Waals surface area contributed by atoms with Crippen molar-refractivity contribution in [2.24, 2.45) is 0 Å². The van der Waals surface area contributed by atoms with Crippen molar-refractivity contribution in [3.05, 3.63) is 46.9 Å². The van der Waals surface area contributed by atoms with Crippen molar-refractivity contribution in [2.45, 2.75) is 20.3 Å². The van der Waals surface area contributed by atoms with E-state index in [1.165, 1.54) is 13.0 Å². The van der Waals surface area contributed by atoms with Crippen LogP contribution in [0.15, 0.2) is 36.8 Å². The number of benzene rings is 1. The van der Waals surface area contributed by atoms with E-state index < -0.39 is 4.92 Å². The van der Waals surface area contributed by atoms with E-state index in [0.29, 0.717) is 16.6 Å². The molecule has 1 aromatic heterocycles. The zero-order valence-corrected chi connectivity index (χ0v) is 13.5. The molecular formula is C16H19N5O3. The van der Waals surface area contributed by atoms with E-state index in [4.69, 9.17) is 0 Å². The SMILES string of the molecule is CCCN/C=C/Nc1cc2c(NC(C)=O)c([N+](=O)[O-])ccc2cn1. The second kappa shape index (κ2) is 7.91. The molecule has 1 aromatic carbocycles. The fourth-order valence-electron chi connectivity index (χ4n) is 2.16. The summed E-state index contributed by atoms with van der Waals surface area (Å²) in [6, 6.07) is 4.63. The van der Waals surface area contributed by atoms with Gasteiger partial charge in [0, 0.05) is 48.9 Å². The molecule has 0 bridgehead atoms. The van der Waals surface area contributed by atoms with Gasteiger partial charge in [-0.25, -0.2) is 4.98 Å². The number of rotatable bonds is 7. The number of nitro groups is 1. The molecular weight excluding hydrogens is 310 g/mol. The molecule has 2 rings (SSSR count). The van der Waals surface area contributed by atoms with E-state index in [1.807, 2.05) is 0 Å². The van der Waals surface area contributed by atoms with Crippen LogP contribution in [0.25, 0.3) is 10.8 Å². The van der Waals surface area contributed by atoms with Gasteiger partial charge >= 0.3 is 0 Å². The molecule has 0 unspecified atom stereocenters. The maximum absolute atomic E-state index is 11.4. The first-order valence-corrected chi connectivity index (χ1v) is 7.52. The standard InChI is InChI=1S/C16H19N5O3/c1-3-6-17-7-8-18-15-9-13-12(10-19-15)4-5-14(21(23)24)16(13)20-11(2)22/h4-5,7-10,17H,3,6H2,1-2H3,(H,18,19)(H,20,22)/b8-7+. The number of hydrogen-bond acceptors (Lipinski definition) is 6. The minimum atomic E-state index is -0.521. The quantitative estimate of drug-likeness (QED) is 0.409. The number of carbonyl (C=O) groups is 1. The molecule has 24 heavy (non-hydrogen) atoms. The number of carbonyl (C=O) groups excluding carboxylic acids is 1. The normalized spacial score (nSPS) is 10.8. The van der Waals surface area contributed by atoms with Gasteiger partial charge in [0.25, 0.3) is 5.69 Å². The Kier molecular flexibility index (Phi) is 5.67. The minimum Gasteiger partial charge on any atom is -0.390 e. The average molecular weight is 329 g/mol. The Morgan fingerprint density at radius 2 is 2.17 bits per heavy atom. The van der Waals surface area contributed by atoms with Crippen LogP contribution in [0, 0.1) is 10.1 Å². The van der Waals surface area contributed by atoms with Gasteiger partial charge in [0.2, 0.25) is 5.91 Å². The van der Waals surface area contributed by atoms with Crippen LogP contribution >= 0.6 is 0 Å². The first kappa shape index (κ1) is 17.2. The molecule has 0 radical (unpaired) electrons. The predicted octanol–water partition coefficient (Wildman–Crippen LogP) is 2.98. The number of fused-ring (bicyclic) bond motifs is 1. The number of nitrogens with zero attached hydrogens (tertiary/aromatic N) is 2. The Morgan fingerprint density at radius 3 is 2.83 bits per heavy atom. The second-order valence-corrected chi connectivity index (χ2v) is 5.12. The summed E-state index contributed by atoms with van der Waals surface area (Å²) in [6.45, 7) is 4.24. The van der Waals surface area contributed by atoms with Crippen molar-refractivity contribution in [1.82, 2.24) is 10.3 Å². The number of anilines is 2. The highest BCUT2D eigenvalue weighted by molar-refractivity contribution is 6.05. The zero-order valence-electron chi connectivity index (χ0n) is 13.5. The number of aromatic nitrogens is 1. The lowest BCUT2D eigenvalue weighted by molar-refractivity contribution is -0.383. The minimum absolute atomic E-state index is 0.157. The summed E-state index contributed by atoms with van der Waals surface area (Å²) in [5.74, 6) is 0.143. The van der Waals surface area contributed by atoms with Gasteiger partial charge in [0.05, 0.1) is 4.92 Å². The van der Waals surface area contributed by atoms with E-state index in [1.54, 1.807) is 30.7 Å². The topological polar surface area (TPSA) is 109 Å². The third kappa shape index (κ3) is 4.19. The molecule has 0 fully saturated rings. The van der Waals surface area contributed by atoms with Crippen LogP contribution in [0.4, 0.5) is 17.2 Å². The molecule has 0 aliphatic rings. The molecule has 0 saturated carbocycles. The van der Waals surface area contributed by atoms with Crippen molar-refractivity contribution in [3.63, 3.8) is 0 Å². The van der Waals surface area contributed by atoms with Gasteiger partial charge < -0.3 is 16.0 Å². The first-order valence-electron chi connectivity index (χ1n) is 7.52. The van der Waals surface area contributed by atoms with Crippen LogP contribution in [0.1, 0.15) is 20.3 Å². The molecule has 1 heterocycles. The van der Waals surface area contributed by atoms with Crippen molar-refractivity contribution in [1.29, 1.82) is 0 Å². The van der Waals surface area contributed by atoms with Crippen LogP contribution in [0.3, 0.4) is 0 Å². The summed E-state index contributed by atoms with van der Waals surface area (Å²) in [4.78, 5) is 26.3. The molecule has 2 aromatic rings. The maximum atomic E-state index is 11.4. The Balaban J connectivity index is 2.39. The highest BCUT2D eigenvalue weighted by Gasteiger charge is 2.18. The van der Waals surface area contributed by atoms with E-state index in [0.717, 1.165) is 13.0 Å². The lowest BCUT2D eigenvalue weighted by Crippen LogP contribution is -2.09. The summed E-state index contributed by atoms with van der Waals surface area (Å²) in [5, 5.41) is 21.1. The molecule has 0 atom stereocenters. The molecule has 3 N–H and O–H groups in total. The summed E-state index contributed by atoms with van der Waals surface area (Å²) < 4.78 is 0. The highest BCUT2D eigenvalue weighted by atomic mass is 16.6. The monoisotopic (exact) mass is 329 g/mol. The Hall–Kier alpha value is -3.16. The van der Waals surface area contributed by atoms with Gasteiger partial charge in [0.15, 0.2) is 0 Å². The molecule has 1 amide bonds. The molecule has 0 saturated heterocycles. The lowest BCUT2D eigenvalue weighted by atomic mass is 10.1. The summed E-state index contributed by atoms with van der Waals surface area (Å²) in [5.41, 5.74) is 0.0125. The second-order valence-electron chi connectivity index (χ2n) is 5.12. The van der Waals surface area contributed by atoms with Crippen LogP contribution in [0.2, 0.25) is 0 Å². The van der Waals surface area contributed by atoms with Crippen LogP contribution in [0.5, 0.6) is 0 Å². The summed E-state index contributed by atoms with van der Waals surface area (Å²) in [7, 11) is 0. The number of pyridine rings is 1. The number of nitro benzene ring substituents is 1.